The van der Waals surface area contributed by atoms with E-state index in [0.717, 1.165) is 17.8 Å². The van der Waals surface area contributed by atoms with Crippen LogP contribution in [0.15, 0.2) is 102 Å². The summed E-state index contributed by atoms with van der Waals surface area (Å²) in [5.41, 5.74) is 7.55. The molecule has 1 unspecified atom stereocenters. The van der Waals surface area contributed by atoms with Gasteiger partial charge in [0.15, 0.2) is 5.83 Å². The summed E-state index contributed by atoms with van der Waals surface area (Å²) >= 11 is 0. The number of nitrogens with two attached hydrogens (primary N) is 1. The lowest BCUT2D eigenvalue weighted by atomic mass is 10.1. The fourth-order valence-corrected chi connectivity index (χ4v) is 4.07. The minimum atomic E-state index is -2.72. The van der Waals surface area contributed by atoms with Gasteiger partial charge in [0.2, 0.25) is 0 Å². The van der Waals surface area contributed by atoms with Gasteiger partial charge in [-0.25, -0.2) is 18.0 Å². The van der Waals surface area contributed by atoms with Crippen molar-refractivity contribution in [3.05, 3.63) is 120 Å². The van der Waals surface area contributed by atoms with Gasteiger partial charge in [0.05, 0.1) is 5.75 Å². The van der Waals surface area contributed by atoms with E-state index in [1.165, 1.54) is 18.4 Å². The second-order valence-corrected chi connectivity index (χ2v) is 10.1. The van der Waals surface area contributed by atoms with Gasteiger partial charge in [0.1, 0.15) is 29.7 Å². The van der Waals surface area contributed by atoms with Gasteiger partial charge in [-0.3, -0.25) is 4.78 Å². The SMILES string of the molecule is C=C(N=C(/C(F)=C\N)c1ccc(F)cc1OCc1ccccc1)Nc1cccc(CS(C)(=N)=O)c1. The number of allylic oxidation sites excluding steroid dienone is 1. The molecule has 3 aromatic carbocycles. The fourth-order valence-electron chi connectivity index (χ4n) is 3.25. The Hall–Kier alpha value is -3.98. The van der Waals surface area contributed by atoms with Gasteiger partial charge < -0.3 is 15.8 Å². The van der Waals surface area contributed by atoms with E-state index in [1.807, 2.05) is 30.3 Å². The van der Waals surface area contributed by atoms with Crippen LogP contribution in [-0.4, -0.2) is 16.2 Å². The van der Waals surface area contributed by atoms with Crippen molar-refractivity contribution in [2.24, 2.45) is 10.7 Å². The molecule has 4 N–H and O–H groups in total. The number of anilines is 1. The Morgan fingerprint density at radius 3 is 2.54 bits per heavy atom. The maximum atomic E-state index is 14.8. The van der Waals surface area contributed by atoms with Gasteiger partial charge in [-0.2, -0.15) is 0 Å². The molecule has 0 heterocycles. The molecule has 35 heavy (non-hydrogen) atoms. The van der Waals surface area contributed by atoms with E-state index >= 15 is 0 Å². The second-order valence-electron chi connectivity index (χ2n) is 7.81. The summed E-state index contributed by atoms with van der Waals surface area (Å²) in [5, 5.41) is 2.95. The summed E-state index contributed by atoms with van der Waals surface area (Å²) in [6, 6.07) is 19.9. The van der Waals surface area contributed by atoms with E-state index in [4.69, 9.17) is 15.3 Å². The van der Waals surface area contributed by atoms with E-state index in [1.54, 1.807) is 24.3 Å². The first kappa shape index (κ1) is 25.6. The molecule has 0 amide bonds. The Kier molecular flexibility index (Phi) is 8.38. The van der Waals surface area contributed by atoms with E-state index < -0.39 is 21.4 Å². The Labute approximate surface area is 203 Å². The first-order chi connectivity index (χ1) is 16.6. The predicted octanol–water partition coefficient (Wildman–Crippen LogP) is 5.72. The number of rotatable bonds is 10. The zero-order valence-corrected chi connectivity index (χ0v) is 19.9. The van der Waals surface area contributed by atoms with E-state index in [9.17, 15) is 13.0 Å². The minimum Gasteiger partial charge on any atom is -0.488 e. The molecule has 0 aliphatic carbocycles. The third kappa shape index (κ3) is 7.79. The summed E-state index contributed by atoms with van der Waals surface area (Å²) in [6.07, 6.45) is 2.12. The van der Waals surface area contributed by atoms with Crippen molar-refractivity contribution in [2.45, 2.75) is 12.4 Å². The summed E-state index contributed by atoms with van der Waals surface area (Å²) in [6.45, 7) is 3.98. The third-order valence-corrected chi connectivity index (χ3v) is 5.60. The van der Waals surface area contributed by atoms with Gasteiger partial charge in [-0.05, 0) is 35.4 Å². The van der Waals surface area contributed by atoms with Gasteiger partial charge in [0, 0.05) is 39.5 Å². The molecule has 0 aliphatic rings. The van der Waals surface area contributed by atoms with Crippen LogP contribution >= 0.6 is 0 Å². The number of halogens is 2. The van der Waals surface area contributed by atoms with Crippen LogP contribution < -0.4 is 15.8 Å². The molecule has 0 aromatic heterocycles. The first-order valence-corrected chi connectivity index (χ1v) is 12.7. The largest absolute Gasteiger partial charge is 0.488 e. The summed E-state index contributed by atoms with van der Waals surface area (Å²) in [4.78, 5) is 4.25. The van der Waals surface area contributed by atoms with Gasteiger partial charge in [-0.1, -0.05) is 49.0 Å². The third-order valence-electron chi connectivity index (χ3n) is 4.71. The zero-order valence-electron chi connectivity index (χ0n) is 19.1. The first-order valence-electron chi connectivity index (χ1n) is 10.5. The van der Waals surface area contributed by atoms with Gasteiger partial charge in [0.25, 0.3) is 0 Å². The molecule has 182 valence electrons. The number of hydrogen-bond acceptors (Lipinski definition) is 6. The van der Waals surface area contributed by atoms with Crippen LogP contribution in [0.1, 0.15) is 16.7 Å². The molecule has 0 saturated carbocycles. The van der Waals surface area contributed by atoms with Crippen molar-refractivity contribution < 1.29 is 17.7 Å². The molecule has 0 fully saturated rings. The van der Waals surface area contributed by atoms with Crippen LogP contribution in [0.2, 0.25) is 0 Å². The van der Waals surface area contributed by atoms with Gasteiger partial charge >= 0.3 is 0 Å². The van der Waals surface area contributed by atoms with Crippen LogP contribution in [0.25, 0.3) is 0 Å². The van der Waals surface area contributed by atoms with Crippen molar-refractivity contribution in [2.75, 3.05) is 11.6 Å². The number of ether oxygens (including phenoxy) is 1. The van der Waals surface area contributed by atoms with Crippen LogP contribution in [0, 0.1) is 10.6 Å². The standard InChI is InChI=1S/C26H26F2N4O2S/c1-18(31-22-10-6-9-20(13-22)17-35(2,30)33)32-26(24(28)15-29)23-12-11-21(27)14-25(23)34-16-19-7-4-3-5-8-19/h3-15,30-31H,1,16-17,29H2,2H3/b24-15+,32-26?. The van der Waals surface area contributed by atoms with Crippen LogP contribution in [0.5, 0.6) is 5.75 Å². The van der Waals surface area contributed by atoms with Crippen LogP contribution in [0.3, 0.4) is 0 Å². The van der Waals surface area contributed by atoms with Crippen LogP contribution in [0.4, 0.5) is 14.5 Å². The zero-order chi connectivity index (χ0) is 25.4. The number of nitrogens with one attached hydrogen (secondary N) is 2. The van der Waals surface area contributed by atoms with Gasteiger partial charge in [-0.15, -0.1) is 0 Å². The molecule has 0 bridgehead atoms. The van der Waals surface area contributed by atoms with E-state index in [-0.39, 0.29) is 35.2 Å². The Morgan fingerprint density at radius 1 is 1.14 bits per heavy atom. The number of benzene rings is 3. The van der Waals surface area contributed by atoms with Crippen LogP contribution in [-0.2, 0) is 22.1 Å². The topological polar surface area (TPSA) is 101 Å². The molecule has 6 nitrogen and oxygen atoms in total. The minimum absolute atomic E-state index is 0.0792. The highest BCUT2D eigenvalue weighted by Crippen LogP contribution is 2.26. The molecule has 3 aromatic rings. The highest BCUT2D eigenvalue weighted by atomic mass is 32.2. The maximum Gasteiger partial charge on any atom is 0.165 e. The Balaban J connectivity index is 1.90. The normalized spacial score (nSPS) is 13.7. The summed E-state index contributed by atoms with van der Waals surface area (Å²) in [7, 11) is -2.72. The van der Waals surface area contributed by atoms with Crippen molar-refractivity contribution >= 4 is 21.1 Å². The smallest absolute Gasteiger partial charge is 0.165 e. The Bertz CT molecular complexity index is 1370. The predicted molar refractivity (Wildman–Crippen MR) is 137 cm³/mol. The maximum absolute atomic E-state index is 14.8. The lowest BCUT2D eigenvalue weighted by Gasteiger charge is -2.14. The van der Waals surface area contributed by atoms with E-state index in [2.05, 4.69) is 16.9 Å². The molecule has 0 spiro atoms. The molecule has 3 rings (SSSR count). The molecule has 9 heteroatoms. The summed E-state index contributed by atoms with van der Waals surface area (Å²) in [5.74, 6) is -1.14. The van der Waals surface area contributed by atoms with Crippen molar-refractivity contribution in [3.63, 3.8) is 0 Å². The number of hydrogen-bond donors (Lipinski definition) is 3. The molecule has 0 aliphatic heterocycles. The fraction of sp³-hybridized carbons (Fsp3) is 0.115. The van der Waals surface area contributed by atoms with Crippen molar-refractivity contribution in [1.82, 2.24) is 0 Å². The molecule has 0 saturated heterocycles. The molecule has 1 atom stereocenters. The molecular weight excluding hydrogens is 470 g/mol. The van der Waals surface area contributed by atoms with E-state index in [0.29, 0.717) is 11.3 Å². The number of nitrogens with zero attached hydrogens (tertiary/aromatic N) is 1. The quantitative estimate of drug-likeness (QED) is 0.312. The second kappa shape index (κ2) is 11.4. The number of aliphatic imine (C=N–C) groups is 1. The Morgan fingerprint density at radius 2 is 1.86 bits per heavy atom. The van der Waals surface area contributed by atoms with Crippen molar-refractivity contribution in [1.29, 1.82) is 4.78 Å². The van der Waals surface area contributed by atoms with Crippen molar-refractivity contribution in [3.8, 4) is 5.75 Å². The molecular formula is C26H26F2N4O2S. The monoisotopic (exact) mass is 496 g/mol. The average molecular weight is 497 g/mol. The summed E-state index contributed by atoms with van der Waals surface area (Å²) < 4.78 is 54.0. The highest BCUT2D eigenvalue weighted by Gasteiger charge is 2.17. The lowest BCUT2D eigenvalue weighted by molar-refractivity contribution is 0.304. The average Bonchev–Trinajstić information content (AvgIpc) is 2.81. The molecule has 0 radical (unpaired) electrons. The highest BCUT2D eigenvalue weighted by molar-refractivity contribution is 7.90. The lowest BCUT2D eigenvalue weighted by Crippen LogP contribution is -2.10.